The molecule has 0 unspecified atom stereocenters. The van der Waals surface area contributed by atoms with Gasteiger partial charge in [-0.3, -0.25) is 0 Å². The van der Waals surface area contributed by atoms with Crippen LogP contribution in [0.25, 0.3) is 11.5 Å². The number of nitrogens with zero attached hydrogens (tertiary/aromatic N) is 2. The first-order valence-electron chi connectivity index (χ1n) is 9.10. The molecule has 0 saturated carbocycles. The van der Waals surface area contributed by atoms with E-state index >= 15 is 0 Å². The third-order valence-corrected chi connectivity index (χ3v) is 5.57. The lowest BCUT2D eigenvalue weighted by Gasteiger charge is -2.15. The predicted molar refractivity (Wildman–Crippen MR) is 113 cm³/mol. The van der Waals surface area contributed by atoms with Gasteiger partial charge in [-0.1, -0.05) is 72.4 Å². The zero-order valence-electron chi connectivity index (χ0n) is 16.1. The summed E-state index contributed by atoms with van der Waals surface area (Å²) in [5.74, 6) is 1.75. The Morgan fingerprint density at radius 2 is 1.31 bits per heavy atom. The standard InChI is InChI=1S/C23H20N2O3S/c1-26-19-13-18(14-20(15-19)27-2)22-24-25-23(28-22)29-21(16-9-5-3-6-10-16)17-11-7-4-8-12-17/h3-15,21H,1-2H3. The molecule has 0 aliphatic heterocycles. The van der Waals surface area contributed by atoms with E-state index in [1.165, 1.54) is 22.9 Å². The summed E-state index contributed by atoms with van der Waals surface area (Å²) < 4.78 is 16.6. The summed E-state index contributed by atoms with van der Waals surface area (Å²) in [6, 6.07) is 26.1. The van der Waals surface area contributed by atoms with E-state index in [1.807, 2.05) is 48.5 Å². The minimum absolute atomic E-state index is 0.0468. The van der Waals surface area contributed by atoms with Gasteiger partial charge in [-0.2, -0.15) is 0 Å². The van der Waals surface area contributed by atoms with Gasteiger partial charge in [-0.05, 0) is 23.3 Å². The SMILES string of the molecule is COc1cc(OC)cc(-c2nnc(SC(c3ccccc3)c3ccccc3)o2)c1. The van der Waals surface area contributed by atoms with Crippen molar-refractivity contribution in [3.63, 3.8) is 0 Å². The number of benzene rings is 3. The number of hydrogen-bond acceptors (Lipinski definition) is 6. The van der Waals surface area contributed by atoms with Crippen LogP contribution in [-0.2, 0) is 0 Å². The van der Waals surface area contributed by atoms with Crippen molar-refractivity contribution in [3.05, 3.63) is 90.0 Å². The molecule has 29 heavy (non-hydrogen) atoms. The Labute approximate surface area is 173 Å². The van der Waals surface area contributed by atoms with Crippen LogP contribution >= 0.6 is 11.8 Å². The zero-order valence-corrected chi connectivity index (χ0v) is 16.9. The van der Waals surface area contributed by atoms with Gasteiger partial charge >= 0.3 is 0 Å². The highest BCUT2D eigenvalue weighted by Gasteiger charge is 2.20. The number of aromatic nitrogens is 2. The van der Waals surface area contributed by atoms with Gasteiger partial charge in [0.05, 0.1) is 19.5 Å². The second-order valence-corrected chi connectivity index (χ2v) is 7.35. The summed E-state index contributed by atoms with van der Waals surface area (Å²) in [4.78, 5) is 0. The molecule has 0 radical (unpaired) electrons. The van der Waals surface area contributed by atoms with Crippen molar-refractivity contribution < 1.29 is 13.9 Å². The Morgan fingerprint density at radius 3 is 1.83 bits per heavy atom. The van der Waals surface area contributed by atoms with Crippen LogP contribution in [0.1, 0.15) is 16.4 Å². The summed E-state index contributed by atoms with van der Waals surface area (Å²) >= 11 is 1.53. The maximum absolute atomic E-state index is 5.97. The fourth-order valence-electron chi connectivity index (χ4n) is 2.99. The fourth-order valence-corrected chi connectivity index (χ4v) is 3.99. The summed E-state index contributed by atoms with van der Waals surface area (Å²) in [5, 5.41) is 9.03. The summed E-state index contributed by atoms with van der Waals surface area (Å²) in [7, 11) is 3.22. The highest BCUT2D eigenvalue weighted by molar-refractivity contribution is 7.99. The second-order valence-electron chi connectivity index (χ2n) is 6.29. The molecule has 0 N–H and O–H groups in total. The van der Waals surface area contributed by atoms with Crippen LogP contribution in [0.15, 0.2) is 88.5 Å². The van der Waals surface area contributed by atoms with Crippen molar-refractivity contribution >= 4 is 11.8 Å². The van der Waals surface area contributed by atoms with Crippen molar-refractivity contribution in [1.82, 2.24) is 10.2 Å². The molecular formula is C23H20N2O3S. The molecule has 0 atom stereocenters. The second kappa shape index (κ2) is 8.84. The Hall–Kier alpha value is -3.25. The quantitative estimate of drug-likeness (QED) is 0.372. The molecule has 1 aromatic heterocycles. The monoisotopic (exact) mass is 404 g/mol. The average Bonchev–Trinajstić information content (AvgIpc) is 3.27. The predicted octanol–water partition coefficient (Wildman–Crippen LogP) is 5.64. The molecule has 0 aliphatic rings. The van der Waals surface area contributed by atoms with E-state index < -0.39 is 0 Å². The number of rotatable bonds is 7. The molecule has 4 aromatic rings. The van der Waals surface area contributed by atoms with E-state index in [2.05, 4.69) is 34.5 Å². The van der Waals surface area contributed by atoms with Crippen LogP contribution in [0.2, 0.25) is 0 Å². The van der Waals surface area contributed by atoms with Gasteiger partial charge in [0.1, 0.15) is 11.5 Å². The molecule has 0 saturated heterocycles. The zero-order chi connectivity index (χ0) is 20.1. The minimum atomic E-state index is 0.0468. The Balaban J connectivity index is 1.65. The molecular weight excluding hydrogens is 384 g/mol. The number of hydrogen-bond donors (Lipinski definition) is 0. The summed E-state index contributed by atoms with van der Waals surface area (Å²) in [6.45, 7) is 0. The van der Waals surface area contributed by atoms with E-state index in [-0.39, 0.29) is 5.25 Å². The van der Waals surface area contributed by atoms with Gasteiger partial charge in [-0.25, -0.2) is 0 Å². The van der Waals surface area contributed by atoms with Crippen LogP contribution in [-0.4, -0.2) is 24.4 Å². The fraction of sp³-hybridized carbons (Fsp3) is 0.130. The first kappa shape index (κ1) is 19.1. The van der Waals surface area contributed by atoms with Crippen molar-refractivity contribution in [2.45, 2.75) is 10.5 Å². The summed E-state index contributed by atoms with van der Waals surface area (Å²) in [5.41, 5.74) is 3.09. The molecule has 0 bridgehead atoms. The Morgan fingerprint density at radius 1 is 0.759 bits per heavy atom. The van der Waals surface area contributed by atoms with Crippen LogP contribution in [0, 0.1) is 0 Å². The summed E-state index contributed by atoms with van der Waals surface area (Å²) in [6.07, 6.45) is 0. The highest BCUT2D eigenvalue weighted by atomic mass is 32.2. The first-order valence-corrected chi connectivity index (χ1v) is 9.98. The van der Waals surface area contributed by atoms with Gasteiger partial charge in [0.15, 0.2) is 0 Å². The molecule has 5 nitrogen and oxygen atoms in total. The molecule has 1 heterocycles. The van der Waals surface area contributed by atoms with Gasteiger partial charge < -0.3 is 13.9 Å². The normalized spacial score (nSPS) is 10.9. The molecule has 0 spiro atoms. The molecule has 3 aromatic carbocycles. The van der Waals surface area contributed by atoms with Crippen LogP contribution < -0.4 is 9.47 Å². The van der Waals surface area contributed by atoms with Crippen LogP contribution in [0.5, 0.6) is 11.5 Å². The van der Waals surface area contributed by atoms with Crippen molar-refractivity contribution in [1.29, 1.82) is 0 Å². The van der Waals surface area contributed by atoms with Gasteiger partial charge in [0.2, 0.25) is 5.89 Å². The Kier molecular flexibility index (Phi) is 5.81. The van der Waals surface area contributed by atoms with E-state index in [1.54, 1.807) is 20.3 Å². The number of ether oxygens (including phenoxy) is 2. The van der Waals surface area contributed by atoms with E-state index in [0.29, 0.717) is 22.6 Å². The molecule has 6 heteroatoms. The van der Waals surface area contributed by atoms with Gasteiger partial charge in [0.25, 0.3) is 5.22 Å². The third-order valence-electron chi connectivity index (χ3n) is 4.43. The number of thioether (sulfide) groups is 1. The Bertz CT molecular complexity index is 1010. The number of methoxy groups -OCH3 is 2. The smallest absolute Gasteiger partial charge is 0.277 e. The van der Waals surface area contributed by atoms with Crippen molar-refractivity contribution in [3.8, 4) is 23.0 Å². The van der Waals surface area contributed by atoms with Gasteiger partial charge in [0, 0.05) is 11.6 Å². The lowest BCUT2D eigenvalue weighted by Crippen LogP contribution is -1.96. The van der Waals surface area contributed by atoms with Crippen LogP contribution in [0.4, 0.5) is 0 Å². The molecule has 4 rings (SSSR count). The maximum Gasteiger partial charge on any atom is 0.277 e. The van der Waals surface area contributed by atoms with Crippen LogP contribution in [0.3, 0.4) is 0 Å². The van der Waals surface area contributed by atoms with Crippen molar-refractivity contribution in [2.24, 2.45) is 0 Å². The third kappa shape index (κ3) is 4.43. The minimum Gasteiger partial charge on any atom is -0.497 e. The van der Waals surface area contributed by atoms with Crippen molar-refractivity contribution in [2.75, 3.05) is 14.2 Å². The average molecular weight is 404 g/mol. The van der Waals surface area contributed by atoms with Gasteiger partial charge in [-0.15, -0.1) is 10.2 Å². The maximum atomic E-state index is 5.97. The first-order chi connectivity index (χ1) is 14.3. The molecule has 0 aliphatic carbocycles. The lowest BCUT2D eigenvalue weighted by molar-refractivity contribution is 0.394. The van der Waals surface area contributed by atoms with E-state index in [9.17, 15) is 0 Å². The topological polar surface area (TPSA) is 57.4 Å². The molecule has 146 valence electrons. The highest BCUT2D eigenvalue weighted by Crippen LogP contribution is 2.40. The van der Waals surface area contributed by atoms with E-state index in [0.717, 1.165) is 5.56 Å². The largest absolute Gasteiger partial charge is 0.497 e. The lowest BCUT2D eigenvalue weighted by atomic mass is 10.0. The van der Waals surface area contributed by atoms with E-state index in [4.69, 9.17) is 13.9 Å². The molecule has 0 amide bonds. The molecule has 0 fully saturated rings.